The van der Waals surface area contributed by atoms with Crippen molar-refractivity contribution in [3.05, 3.63) is 0 Å². The van der Waals surface area contributed by atoms with Crippen molar-refractivity contribution >= 4 is 5.91 Å². The second-order valence-electron chi connectivity index (χ2n) is 5.00. The number of nitrogens with zero attached hydrogens (tertiary/aromatic N) is 1. The molecule has 0 aliphatic carbocycles. The molecule has 102 valence electrons. The lowest BCUT2D eigenvalue weighted by atomic mass is 9.94. The number of aliphatic hydroxyl groups is 1. The van der Waals surface area contributed by atoms with Crippen LogP contribution in [0.25, 0.3) is 0 Å². The summed E-state index contributed by atoms with van der Waals surface area (Å²) in [6.07, 6.45) is 9.28. The summed E-state index contributed by atoms with van der Waals surface area (Å²) in [6, 6.07) is 0. The molecule has 1 rings (SSSR count). The Balaban J connectivity index is 2.28. The molecule has 0 radical (unpaired) electrons. The average molecular weight is 253 g/mol. The molecule has 1 heterocycles. The number of ether oxygens (including phenoxy) is 1. The van der Waals surface area contributed by atoms with E-state index in [9.17, 15) is 9.90 Å². The van der Waals surface area contributed by atoms with Crippen LogP contribution in [0.1, 0.15) is 38.5 Å². The van der Waals surface area contributed by atoms with Crippen LogP contribution in [0.3, 0.4) is 0 Å². The molecule has 0 aromatic heterocycles. The van der Waals surface area contributed by atoms with Gasteiger partial charge in [-0.2, -0.15) is 0 Å². The lowest BCUT2D eigenvalue weighted by Gasteiger charge is -2.35. The van der Waals surface area contributed by atoms with Gasteiger partial charge in [-0.05, 0) is 12.8 Å². The molecule has 1 fully saturated rings. The molecular formula is C14H23NO3. The number of unbranched alkanes of at least 4 members (excludes halogenated alkanes) is 2. The van der Waals surface area contributed by atoms with Gasteiger partial charge in [0.15, 0.2) is 0 Å². The van der Waals surface area contributed by atoms with Crippen LogP contribution in [-0.2, 0) is 9.53 Å². The maximum absolute atomic E-state index is 11.9. The van der Waals surface area contributed by atoms with E-state index in [1.165, 1.54) is 0 Å². The lowest BCUT2D eigenvalue weighted by Crippen LogP contribution is -2.47. The summed E-state index contributed by atoms with van der Waals surface area (Å²) in [5.41, 5.74) is -0.776. The van der Waals surface area contributed by atoms with Gasteiger partial charge in [0.1, 0.15) is 0 Å². The number of terminal acetylenes is 1. The molecule has 1 aliphatic heterocycles. The predicted molar refractivity (Wildman–Crippen MR) is 69.9 cm³/mol. The lowest BCUT2D eigenvalue weighted by molar-refractivity contribution is -0.136. The minimum Gasteiger partial charge on any atom is -0.388 e. The van der Waals surface area contributed by atoms with Crippen molar-refractivity contribution in [3.63, 3.8) is 0 Å². The summed E-state index contributed by atoms with van der Waals surface area (Å²) >= 11 is 0. The van der Waals surface area contributed by atoms with E-state index in [0.717, 1.165) is 19.3 Å². The monoisotopic (exact) mass is 253 g/mol. The van der Waals surface area contributed by atoms with Crippen molar-refractivity contribution in [1.82, 2.24) is 4.90 Å². The van der Waals surface area contributed by atoms with E-state index in [4.69, 9.17) is 11.2 Å². The molecule has 1 amide bonds. The number of rotatable bonds is 6. The molecule has 0 spiro atoms. The Morgan fingerprint density at radius 3 is 2.72 bits per heavy atom. The molecule has 0 atom stereocenters. The first kappa shape index (κ1) is 15.0. The third-order valence-corrected chi connectivity index (χ3v) is 3.34. The molecule has 1 saturated heterocycles. The SMILES string of the molecule is C#CCCCCC(=O)N(C)CC1(O)CCOCC1. The average Bonchev–Trinajstić information content (AvgIpc) is 2.34. The summed E-state index contributed by atoms with van der Waals surface area (Å²) in [4.78, 5) is 13.5. The van der Waals surface area contributed by atoms with Crippen LogP contribution in [-0.4, -0.2) is 48.3 Å². The van der Waals surface area contributed by atoms with E-state index in [2.05, 4.69) is 5.92 Å². The minimum atomic E-state index is -0.776. The van der Waals surface area contributed by atoms with Gasteiger partial charge in [0.2, 0.25) is 5.91 Å². The van der Waals surface area contributed by atoms with Gasteiger partial charge >= 0.3 is 0 Å². The molecule has 0 aromatic carbocycles. The van der Waals surface area contributed by atoms with Gasteiger partial charge in [-0.25, -0.2) is 0 Å². The van der Waals surface area contributed by atoms with Crippen LogP contribution in [0.2, 0.25) is 0 Å². The number of amides is 1. The maximum atomic E-state index is 11.9. The van der Waals surface area contributed by atoms with Gasteiger partial charge in [0.05, 0.1) is 5.60 Å². The number of hydrogen-bond acceptors (Lipinski definition) is 3. The van der Waals surface area contributed by atoms with E-state index in [1.54, 1.807) is 11.9 Å². The number of likely N-dealkylation sites (N-methyl/N-ethyl adjacent to an activating group) is 1. The van der Waals surface area contributed by atoms with E-state index < -0.39 is 5.60 Å². The van der Waals surface area contributed by atoms with Gasteiger partial charge in [-0.15, -0.1) is 12.3 Å². The van der Waals surface area contributed by atoms with E-state index >= 15 is 0 Å². The van der Waals surface area contributed by atoms with Crippen LogP contribution in [0.15, 0.2) is 0 Å². The van der Waals surface area contributed by atoms with Crippen LogP contribution in [0, 0.1) is 12.3 Å². The third kappa shape index (κ3) is 5.07. The minimum absolute atomic E-state index is 0.0759. The van der Waals surface area contributed by atoms with Crippen LogP contribution in [0.4, 0.5) is 0 Å². The van der Waals surface area contributed by atoms with Gasteiger partial charge in [-0.3, -0.25) is 4.79 Å². The first-order valence-corrected chi connectivity index (χ1v) is 6.55. The van der Waals surface area contributed by atoms with Crippen molar-refractivity contribution in [1.29, 1.82) is 0 Å². The van der Waals surface area contributed by atoms with Crippen molar-refractivity contribution in [2.24, 2.45) is 0 Å². The zero-order valence-corrected chi connectivity index (χ0v) is 11.2. The Morgan fingerprint density at radius 1 is 1.44 bits per heavy atom. The molecule has 1 aliphatic rings. The largest absolute Gasteiger partial charge is 0.388 e. The highest BCUT2D eigenvalue weighted by molar-refractivity contribution is 5.75. The molecule has 4 nitrogen and oxygen atoms in total. The molecule has 18 heavy (non-hydrogen) atoms. The Morgan fingerprint density at radius 2 is 2.11 bits per heavy atom. The Kier molecular flexibility index (Phi) is 6.17. The second kappa shape index (κ2) is 7.40. The van der Waals surface area contributed by atoms with Crippen molar-refractivity contribution in [2.75, 3.05) is 26.8 Å². The zero-order valence-electron chi connectivity index (χ0n) is 11.2. The highest BCUT2D eigenvalue weighted by Gasteiger charge is 2.32. The summed E-state index contributed by atoms with van der Waals surface area (Å²) in [6.45, 7) is 1.53. The van der Waals surface area contributed by atoms with Crippen molar-refractivity contribution in [2.45, 2.75) is 44.1 Å². The molecule has 0 unspecified atom stereocenters. The first-order chi connectivity index (χ1) is 8.57. The number of carbonyl (C=O) groups excluding carboxylic acids is 1. The number of carbonyl (C=O) groups is 1. The van der Waals surface area contributed by atoms with Gasteiger partial charge in [0.25, 0.3) is 0 Å². The van der Waals surface area contributed by atoms with Crippen LogP contribution in [0.5, 0.6) is 0 Å². The van der Waals surface area contributed by atoms with Crippen molar-refractivity contribution in [3.8, 4) is 12.3 Å². The molecular weight excluding hydrogens is 230 g/mol. The topological polar surface area (TPSA) is 49.8 Å². The summed E-state index contributed by atoms with van der Waals surface area (Å²) in [5.74, 6) is 2.64. The predicted octanol–water partition coefficient (Wildman–Crippen LogP) is 1.18. The fraction of sp³-hybridized carbons (Fsp3) is 0.786. The smallest absolute Gasteiger partial charge is 0.222 e. The normalized spacial score (nSPS) is 18.1. The first-order valence-electron chi connectivity index (χ1n) is 6.55. The zero-order chi connectivity index (χ0) is 13.4. The van der Waals surface area contributed by atoms with E-state index in [0.29, 0.717) is 39.0 Å². The van der Waals surface area contributed by atoms with Gasteiger partial charge in [0, 0.05) is 52.5 Å². The van der Waals surface area contributed by atoms with Gasteiger partial charge in [-0.1, -0.05) is 0 Å². The molecule has 0 aromatic rings. The molecule has 0 saturated carbocycles. The molecule has 0 bridgehead atoms. The summed E-state index contributed by atoms with van der Waals surface area (Å²) < 4.78 is 5.22. The fourth-order valence-corrected chi connectivity index (χ4v) is 2.13. The van der Waals surface area contributed by atoms with Crippen LogP contribution < -0.4 is 0 Å². The number of hydrogen-bond donors (Lipinski definition) is 1. The van der Waals surface area contributed by atoms with Crippen LogP contribution >= 0.6 is 0 Å². The maximum Gasteiger partial charge on any atom is 0.222 e. The summed E-state index contributed by atoms with van der Waals surface area (Å²) in [7, 11) is 1.75. The Bertz CT molecular complexity index is 303. The molecule has 1 N–H and O–H groups in total. The third-order valence-electron chi connectivity index (χ3n) is 3.34. The summed E-state index contributed by atoms with van der Waals surface area (Å²) in [5, 5.41) is 10.3. The molecule has 4 heteroatoms. The van der Waals surface area contributed by atoms with E-state index in [1.807, 2.05) is 0 Å². The standard InChI is InChI=1S/C14H23NO3/c1-3-4-5-6-7-13(16)15(2)12-14(17)8-10-18-11-9-14/h1,17H,4-12H2,2H3. The fourth-order valence-electron chi connectivity index (χ4n) is 2.13. The highest BCUT2D eigenvalue weighted by Crippen LogP contribution is 2.21. The quantitative estimate of drug-likeness (QED) is 0.571. The van der Waals surface area contributed by atoms with Gasteiger partial charge < -0.3 is 14.7 Å². The Hall–Kier alpha value is -1.05. The van der Waals surface area contributed by atoms with E-state index in [-0.39, 0.29) is 5.91 Å². The second-order valence-corrected chi connectivity index (χ2v) is 5.00. The van der Waals surface area contributed by atoms with Crippen molar-refractivity contribution < 1.29 is 14.6 Å². The highest BCUT2D eigenvalue weighted by atomic mass is 16.5. The Labute approximate surface area is 109 Å².